The molecule has 0 fully saturated rings. The molecular formula is C20H22N4O4. The normalized spacial score (nSPS) is 10.6. The quantitative estimate of drug-likeness (QED) is 0.554. The lowest BCUT2D eigenvalue weighted by Gasteiger charge is -2.17. The van der Waals surface area contributed by atoms with Gasteiger partial charge in [0.05, 0.1) is 12.1 Å². The number of nitrogens with zero attached hydrogens (tertiary/aromatic N) is 4. The molecule has 0 radical (unpaired) electrons. The molecule has 0 aliphatic carbocycles. The highest BCUT2D eigenvalue weighted by Crippen LogP contribution is 2.13. The highest BCUT2D eigenvalue weighted by Gasteiger charge is 2.14. The van der Waals surface area contributed by atoms with Crippen LogP contribution < -0.4 is 4.74 Å². The summed E-state index contributed by atoms with van der Waals surface area (Å²) in [4.78, 5) is 25.8. The molecule has 3 aromatic rings. The first-order valence-corrected chi connectivity index (χ1v) is 8.96. The first-order chi connectivity index (χ1) is 13.6. The Morgan fingerprint density at radius 3 is 2.61 bits per heavy atom. The van der Waals surface area contributed by atoms with E-state index in [1.54, 1.807) is 7.05 Å². The minimum atomic E-state index is -0.543. The second-order valence-electron chi connectivity index (χ2n) is 6.22. The van der Waals surface area contributed by atoms with Crippen LogP contribution in [0.25, 0.3) is 11.0 Å². The van der Waals surface area contributed by atoms with Crippen LogP contribution in [0.2, 0.25) is 0 Å². The molecule has 0 N–H and O–H groups in total. The van der Waals surface area contributed by atoms with Crippen molar-refractivity contribution in [3.63, 3.8) is 0 Å². The molecule has 1 heterocycles. The molecule has 8 heteroatoms. The molecule has 0 saturated heterocycles. The molecule has 0 saturated carbocycles. The van der Waals surface area contributed by atoms with Gasteiger partial charge in [0.25, 0.3) is 5.91 Å². The summed E-state index contributed by atoms with van der Waals surface area (Å²) < 4.78 is 11.9. The molecular weight excluding hydrogens is 360 g/mol. The first-order valence-electron chi connectivity index (χ1n) is 8.96. The van der Waals surface area contributed by atoms with Gasteiger partial charge in [0, 0.05) is 13.6 Å². The topological polar surface area (TPSA) is 86.5 Å². The number of benzene rings is 2. The standard InChI is InChI=1S/C20H22N4O4/c1-3-27-16-10-8-15(9-11-16)12-23(2)19(25)14-28-20(26)13-24-18-7-5-4-6-17(18)21-22-24/h4-11H,3,12-14H2,1-2H3. The summed E-state index contributed by atoms with van der Waals surface area (Å²) in [6, 6.07) is 14.8. The Labute approximate surface area is 162 Å². The van der Waals surface area contributed by atoms with Crippen molar-refractivity contribution in [2.24, 2.45) is 0 Å². The molecule has 1 aromatic heterocycles. The zero-order chi connectivity index (χ0) is 19.9. The van der Waals surface area contributed by atoms with Crippen LogP contribution >= 0.6 is 0 Å². The maximum atomic E-state index is 12.2. The van der Waals surface area contributed by atoms with Gasteiger partial charge in [-0.3, -0.25) is 9.59 Å². The number of aromatic nitrogens is 3. The minimum absolute atomic E-state index is 0.101. The van der Waals surface area contributed by atoms with Crippen LogP contribution in [0.3, 0.4) is 0 Å². The molecule has 0 bridgehead atoms. The Bertz CT molecular complexity index is 952. The maximum Gasteiger partial charge on any atom is 0.328 e. The van der Waals surface area contributed by atoms with E-state index in [1.165, 1.54) is 9.58 Å². The van der Waals surface area contributed by atoms with Crippen molar-refractivity contribution in [3.05, 3.63) is 54.1 Å². The number of carbonyl (C=O) groups is 2. The number of hydrogen-bond acceptors (Lipinski definition) is 6. The van der Waals surface area contributed by atoms with Crippen LogP contribution in [0.4, 0.5) is 0 Å². The predicted octanol–water partition coefficient (Wildman–Crippen LogP) is 2.03. The van der Waals surface area contributed by atoms with Crippen LogP contribution in [0, 0.1) is 0 Å². The van der Waals surface area contributed by atoms with Crippen LogP contribution in [-0.2, 0) is 27.4 Å². The summed E-state index contributed by atoms with van der Waals surface area (Å²) in [6.07, 6.45) is 0. The van der Waals surface area contributed by atoms with Crippen molar-refractivity contribution in [2.75, 3.05) is 20.3 Å². The van der Waals surface area contributed by atoms with Gasteiger partial charge in [-0.2, -0.15) is 0 Å². The lowest BCUT2D eigenvalue weighted by Crippen LogP contribution is -2.31. The van der Waals surface area contributed by atoms with E-state index in [0.29, 0.717) is 18.7 Å². The van der Waals surface area contributed by atoms with E-state index in [-0.39, 0.29) is 19.1 Å². The van der Waals surface area contributed by atoms with Gasteiger partial charge >= 0.3 is 5.97 Å². The zero-order valence-electron chi connectivity index (χ0n) is 15.9. The van der Waals surface area contributed by atoms with E-state index in [2.05, 4.69) is 10.3 Å². The number of carbonyl (C=O) groups excluding carboxylic acids is 2. The number of esters is 1. The highest BCUT2D eigenvalue weighted by molar-refractivity contribution is 5.81. The fourth-order valence-electron chi connectivity index (χ4n) is 2.67. The van der Waals surface area contributed by atoms with Crippen molar-refractivity contribution in [2.45, 2.75) is 20.0 Å². The average molecular weight is 382 g/mol. The van der Waals surface area contributed by atoms with Gasteiger partial charge in [-0.25, -0.2) is 4.68 Å². The van der Waals surface area contributed by atoms with Crippen molar-refractivity contribution in [3.8, 4) is 5.75 Å². The number of fused-ring (bicyclic) bond motifs is 1. The van der Waals surface area contributed by atoms with Crippen LogP contribution in [0.1, 0.15) is 12.5 Å². The monoisotopic (exact) mass is 382 g/mol. The van der Waals surface area contributed by atoms with E-state index in [9.17, 15) is 9.59 Å². The van der Waals surface area contributed by atoms with E-state index in [0.717, 1.165) is 16.8 Å². The van der Waals surface area contributed by atoms with Crippen molar-refractivity contribution < 1.29 is 19.1 Å². The fraction of sp³-hybridized carbons (Fsp3) is 0.300. The van der Waals surface area contributed by atoms with Gasteiger partial charge in [0.1, 0.15) is 17.8 Å². The molecule has 3 rings (SSSR count). The summed E-state index contributed by atoms with van der Waals surface area (Å²) in [7, 11) is 1.66. The fourth-order valence-corrected chi connectivity index (χ4v) is 2.67. The molecule has 8 nitrogen and oxygen atoms in total. The molecule has 0 unspecified atom stereocenters. The van der Waals surface area contributed by atoms with Gasteiger partial charge in [0.2, 0.25) is 0 Å². The molecule has 28 heavy (non-hydrogen) atoms. The molecule has 2 aromatic carbocycles. The molecule has 1 amide bonds. The largest absolute Gasteiger partial charge is 0.494 e. The van der Waals surface area contributed by atoms with Crippen LogP contribution in [0.5, 0.6) is 5.75 Å². The second kappa shape index (κ2) is 8.98. The number of para-hydroxylation sites is 1. The number of hydrogen-bond donors (Lipinski definition) is 0. The Hall–Kier alpha value is -3.42. The van der Waals surface area contributed by atoms with Crippen molar-refractivity contribution >= 4 is 22.9 Å². The summed E-state index contributed by atoms with van der Waals surface area (Å²) >= 11 is 0. The SMILES string of the molecule is CCOc1ccc(CN(C)C(=O)COC(=O)Cn2nnc3ccccc32)cc1. The zero-order valence-corrected chi connectivity index (χ0v) is 15.9. The molecule has 0 atom stereocenters. The van der Waals surface area contributed by atoms with Gasteiger partial charge in [0.15, 0.2) is 6.61 Å². The van der Waals surface area contributed by atoms with Gasteiger partial charge < -0.3 is 14.4 Å². The Morgan fingerprint density at radius 1 is 1.11 bits per heavy atom. The van der Waals surface area contributed by atoms with Crippen LogP contribution in [-0.4, -0.2) is 52.0 Å². The molecule has 0 aliphatic heterocycles. The smallest absolute Gasteiger partial charge is 0.328 e. The Kier molecular flexibility index (Phi) is 6.21. The van der Waals surface area contributed by atoms with Gasteiger partial charge in [-0.15, -0.1) is 5.10 Å². The lowest BCUT2D eigenvalue weighted by atomic mass is 10.2. The minimum Gasteiger partial charge on any atom is -0.494 e. The van der Waals surface area contributed by atoms with Crippen molar-refractivity contribution in [1.82, 2.24) is 19.9 Å². The summed E-state index contributed by atoms with van der Waals surface area (Å²) in [5.41, 5.74) is 2.39. The number of rotatable bonds is 8. The summed E-state index contributed by atoms with van der Waals surface area (Å²) in [5, 5.41) is 7.91. The summed E-state index contributed by atoms with van der Waals surface area (Å²) in [6.45, 7) is 2.52. The molecule has 0 aliphatic rings. The Balaban J connectivity index is 1.48. The van der Waals surface area contributed by atoms with E-state index >= 15 is 0 Å². The van der Waals surface area contributed by atoms with Gasteiger partial charge in [-0.05, 0) is 36.8 Å². The molecule has 0 spiro atoms. The third-order valence-corrected chi connectivity index (χ3v) is 4.14. The van der Waals surface area contributed by atoms with E-state index < -0.39 is 5.97 Å². The highest BCUT2D eigenvalue weighted by atomic mass is 16.5. The van der Waals surface area contributed by atoms with Gasteiger partial charge in [-0.1, -0.05) is 29.5 Å². The van der Waals surface area contributed by atoms with E-state index in [4.69, 9.17) is 9.47 Å². The Morgan fingerprint density at radius 2 is 1.86 bits per heavy atom. The number of amides is 1. The molecule has 146 valence electrons. The number of likely N-dealkylation sites (N-methyl/N-ethyl adjacent to an activating group) is 1. The van der Waals surface area contributed by atoms with Crippen molar-refractivity contribution in [1.29, 1.82) is 0 Å². The first kappa shape index (κ1) is 19.3. The second-order valence-corrected chi connectivity index (χ2v) is 6.22. The maximum absolute atomic E-state index is 12.2. The summed E-state index contributed by atoms with van der Waals surface area (Å²) in [5.74, 6) is -0.0426. The lowest BCUT2D eigenvalue weighted by molar-refractivity contribution is -0.152. The van der Waals surface area contributed by atoms with Crippen LogP contribution in [0.15, 0.2) is 48.5 Å². The third-order valence-electron chi connectivity index (χ3n) is 4.14. The average Bonchev–Trinajstić information content (AvgIpc) is 3.10. The third kappa shape index (κ3) is 4.85. The van der Waals surface area contributed by atoms with E-state index in [1.807, 2.05) is 55.5 Å². The number of ether oxygens (including phenoxy) is 2. The predicted molar refractivity (Wildman–Crippen MR) is 103 cm³/mol.